The lowest BCUT2D eigenvalue weighted by Gasteiger charge is -2.26. The van der Waals surface area contributed by atoms with E-state index >= 15 is 0 Å². The lowest BCUT2D eigenvalue weighted by Crippen LogP contribution is -2.29. The number of rotatable bonds is 4. The Morgan fingerprint density at radius 2 is 2.24 bits per heavy atom. The summed E-state index contributed by atoms with van der Waals surface area (Å²) in [5.74, 6) is -0.474. The van der Waals surface area contributed by atoms with Gasteiger partial charge in [-0.15, -0.1) is 0 Å². The fraction of sp³-hybridized carbons (Fsp3) is 0.417. The average Bonchev–Trinajstić information content (AvgIpc) is 2.35. The number of amidine groups is 1. The molecule has 1 unspecified atom stereocenters. The van der Waals surface area contributed by atoms with Gasteiger partial charge in [-0.1, -0.05) is 12.1 Å². The molecule has 1 aromatic carbocycles. The number of anilines is 1. The minimum Gasteiger partial charge on any atom is -0.409 e. The summed E-state index contributed by atoms with van der Waals surface area (Å²) in [5.41, 5.74) is 6.27. The molecule has 17 heavy (non-hydrogen) atoms. The summed E-state index contributed by atoms with van der Waals surface area (Å²) in [5, 5.41) is 11.4. The van der Waals surface area contributed by atoms with Crippen LogP contribution >= 0.6 is 0 Å². The van der Waals surface area contributed by atoms with Crippen LogP contribution < -0.4 is 10.6 Å². The molecule has 1 atom stereocenters. The van der Waals surface area contributed by atoms with Crippen LogP contribution in [-0.2, 0) is 0 Å². The lowest BCUT2D eigenvalue weighted by molar-refractivity contribution is 0.318. The second kappa shape index (κ2) is 5.52. The zero-order valence-electron chi connectivity index (χ0n) is 10.3. The van der Waals surface area contributed by atoms with Crippen LogP contribution in [0.25, 0.3) is 0 Å². The molecular formula is C12H18FN3O. The Hall–Kier alpha value is -1.78. The second-order valence-electron chi connectivity index (χ2n) is 4.02. The van der Waals surface area contributed by atoms with Crippen LogP contribution in [0.1, 0.15) is 25.8 Å². The third-order valence-electron chi connectivity index (χ3n) is 2.98. The van der Waals surface area contributed by atoms with E-state index in [0.29, 0.717) is 11.3 Å². The molecular weight excluding hydrogens is 221 g/mol. The SMILES string of the molecule is CCC(C)N(C)c1ccc(/C(N)=N/O)cc1F. The maximum absolute atomic E-state index is 13.9. The first-order valence-corrected chi connectivity index (χ1v) is 5.51. The van der Waals surface area contributed by atoms with Crippen molar-refractivity contribution in [2.45, 2.75) is 26.3 Å². The van der Waals surface area contributed by atoms with Crippen LogP contribution in [0.15, 0.2) is 23.4 Å². The maximum Gasteiger partial charge on any atom is 0.170 e. The van der Waals surface area contributed by atoms with E-state index < -0.39 is 0 Å². The number of hydrogen-bond acceptors (Lipinski definition) is 3. The van der Waals surface area contributed by atoms with E-state index in [1.807, 2.05) is 25.8 Å². The summed E-state index contributed by atoms with van der Waals surface area (Å²) in [4.78, 5) is 1.87. The highest BCUT2D eigenvalue weighted by Crippen LogP contribution is 2.22. The first kappa shape index (κ1) is 13.3. The minimum atomic E-state index is -0.378. The summed E-state index contributed by atoms with van der Waals surface area (Å²) in [6.45, 7) is 4.07. The molecule has 94 valence electrons. The standard InChI is InChI=1S/C12H18FN3O/c1-4-8(2)16(3)11-6-5-9(7-10(11)13)12(14)15-17/h5-8,17H,4H2,1-3H3,(H2,14,15). The van der Waals surface area contributed by atoms with Gasteiger partial charge in [0.2, 0.25) is 0 Å². The van der Waals surface area contributed by atoms with Crippen molar-refractivity contribution < 1.29 is 9.60 Å². The van der Waals surface area contributed by atoms with E-state index in [1.165, 1.54) is 6.07 Å². The molecule has 3 N–H and O–H groups in total. The van der Waals surface area contributed by atoms with Crippen LogP contribution in [0.2, 0.25) is 0 Å². The minimum absolute atomic E-state index is 0.0957. The number of nitrogens with two attached hydrogens (primary N) is 1. The number of hydrogen-bond donors (Lipinski definition) is 2. The van der Waals surface area contributed by atoms with E-state index in [9.17, 15) is 4.39 Å². The molecule has 1 aromatic rings. The normalized spacial score (nSPS) is 13.5. The van der Waals surface area contributed by atoms with E-state index in [2.05, 4.69) is 5.16 Å². The maximum atomic E-state index is 13.9. The molecule has 1 rings (SSSR count). The Morgan fingerprint density at radius 1 is 1.59 bits per heavy atom. The van der Waals surface area contributed by atoms with Gasteiger partial charge in [0.05, 0.1) is 5.69 Å². The van der Waals surface area contributed by atoms with Crippen molar-refractivity contribution in [2.75, 3.05) is 11.9 Å². The fourth-order valence-electron chi connectivity index (χ4n) is 1.52. The van der Waals surface area contributed by atoms with Gasteiger partial charge in [0.25, 0.3) is 0 Å². The summed E-state index contributed by atoms with van der Waals surface area (Å²) in [7, 11) is 1.84. The van der Waals surface area contributed by atoms with Crippen molar-refractivity contribution in [1.82, 2.24) is 0 Å². The molecule has 5 heteroatoms. The average molecular weight is 239 g/mol. The fourth-order valence-corrected chi connectivity index (χ4v) is 1.52. The molecule has 0 spiro atoms. The Bertz CT molecular complexity index is 420. The number of oxime groups is 1. The number of nitrogens with zero attached hydrogens (tertiary/aromatic N) is 2. The predicted molar refractivity (Wildman–Crippen MR) is 67.1 cm³/mol. The van der Waals surface area contributed by atoms with Gasteiger partial charge in [-0.3, -0.25) is 0 Å². The molecule has 0 bridgehead atoms. The Balaban J connectivity index is 3.05. The van der Waals surface area contributed by atoms with Gasteiger partial charge in [-0.2, -0.15) is 0 Å². The van der Waals surface area contributed by atoms with Gasteiger partial charge in [0.15, 0.2) is 5.84 Å². The summed E-state index contributed by atoms with van der Waals surface area (Å²) in [6, 6.07) is 4.78. The first-order chi connectivity index (χ1) is 8.01. The van der Waals surface area contributed by atoms with Crippen LogP contribution in [0.4, 0.5) is 10.1 Å². The topological polar surface area (TPSA) is 61.8 Å². The molecule has 0 saturated carbocycles. The van der Waals surface area contributed by atoms with Gasteiger partial charge >= 0.3 is 0 Å². The lowest BCUT2D eigenvalue weighted by atomic mass is 10.1. The van der Waals surface area contributed by atoms with E-state index in [0.717, 1.165) is 6.42 Å². The molecule has 0 fully saturated rings. The van der Waals surface area contributed by atoms with Crippen molar-refractivity contribution in [2.24, 2.45) is 10.9 Å². The molecule has 0 aliphatic rings. The highest BCUT2D eigenvalue weighted by atomic mass is 19.1. The van der Waals surface area contributed by atoms with Gasteiger partial charge in [-0.05, 0) is 31.5 Å². The summed E-state index contributed by atoms with van der Waals surface area (Å²) < 4.78 is 13.9. The Labute approximate surface area is 101 Å². The summed E-state index contributed by atoms with van der Waals surface area (Å²) >= 11 is 0. The quantitative estimate of drug-likeness (QED) is 0.366. The monoisotopic (exact) mass is 239 g/mol. The summed E-state index contributed by atoms with van der Waals surface area (Å²) in [6.07, 6.45) is 0.929. The van der Waals surface area contributed by atoms with Crippen molar-refractivity contribution in [3.63, 3.8) is 0 Å². The molecule has 0 aliphatic carbocycles. The Morgan fingerprint density at radius 3 is 2.71 bits per heavy atom. The zero-order valence-corrected chi connectivity index (χ0v) is 10.3. The van der Waals surface area contributed by atoms with Crippen LogP contribution in [-0.4, -0.2) is 24.1 Å². The molecule has 4 nitrogen and oxygen atoms in total. The van der Waals surface area contributed by atoms with Gasteiger partial charge in [-0.25, -0.2) is 4.39 Å². The van der Waals surface area contributed by atoms with Crippen molar-refractivity contribution >= 4 is 11.5 Å². The highest BCUT2D eigenvalue weighted by Gasteiger charge is 2.13. The van der Waals surface area contributed by atoms with Crippen LogP contribution in [0, 0.1) is 5.82 Å². The number of benzene rings is 1. The van der Waals surface area contributed by atoms with Crippen molar-refractivity contribution in [3.8, 4) is 0 Å². The smallest absolute Gasteiger partial charge is 0.170 e. The zero-order chi connectivity index (χ0) is 13.0. The molecule has 0 aliphatic heterocycles. The molecule has 0 heterocycles. The van der Waals surface area contributed by atoms with E-state index in [-0.39, 0.29) is 17.7 Å². The molecule has 0 aromatic heterocycles. The van der Waals surface area contributed by atoms with Gasteiger partial charge in [0, 0.05) is 18.7 Å². The molecule has 0 saturated heterocycles. The third-order valence-corrected chi connectivity index (χ3v) is 2.98. The van der Waals surface area contributed by atoms with Crippen molar-refractivity contribution in [1.29, 1.82) is 0 Å². The number of halogens is 1. The molecule has 0 amide bonds. The van der Waals surface area contributed by atoms with E-state index in [1.54, 1.807) is 12.1 Å². The third kappa shape index (κ3) is 2.87. The predicted octanol–water partition coefficient (Wildman–Crippen LogP) is 2.15. The van der Waals surface area contributed by atoms with Gasteiger partial charge in [0.1, 0.15) is 5.82 Å². The first-order valence-electron chi connectivity index (χ1n) is 5.51. The Kier molecular flexibility index (Phi) is 4.31. The van der Waals surface area contributed by atoms with E-state index in [4.69, 9.17) is 10.9 Å². The van der Waals surface area contributed by atoms with Crippen molar-refractivity contribution in [3.05, 3.63) is 29.6 Å². The van der Waals surface area contributed by atoms with Crippen LogP contribution in [0.5, 0.6) is 0 Å². The van der Waals surface area contributed by atoms with Crippen LogP contribution in [0.3, 0.4) is 0 Å². The highest BCUT2D eigenvalue weighted by molar-refractivity contribution is 5.97. The second-order valence-corrected chi connectivity index (χ2v) is 4.02. The largest absolute Gasteiger partial charge is 0.409 e. The van der Waals surface area contributed by atoms with Gasteiger partial charge < -0.3 is 15.8 Å². The molecule has 0 radical (unpaired) electrons.